The zero-order valence-electron chi connectivity index (χ0n) is 11.1. The number of hydrogen-bond acceptors (Lipinski definition) is 4. The second kappa shape index (κ2) is 5.16. The summed E-state index contributed by atoms with van der Waals surface area (Å²) in [7, 11) is 0. The molecule has 0 aromatic heterocycles. The minimum absolute atomic E-state index is 0.184. The summed E-state index contributed by atoms with van der Waals surface area (Å²) in [5.74, 6) is -0.641. The predicted octanol–water partition coefficient (Wildman–Crippen LogP) is 3.05. The Bertz CT molecular complexity index is 695. The molecular weight excluding hydrogens is 260 g/mol. The smallest absolute Gasteiger partial charge is 0.282 e. The Kier molecular flexibility index (Phi) is 3.56. The third kappa shape index (κ3) is 2.54. The summed E-state index contributed by atoms with van der Waals surface area (Å²) in [4.78, 5) is 22.3. The van der Waals surface area contributed by atoms with Gasteiger partial charge in [-0.15, -0.1) is 0 Å². The van der Waals surface area contributed by atoms with E-state index in [0.29, 0.717) is 16.5 Å². The van der Waals surface area contributed by atoms with Gasteiger partial charge < -0.3 is 10.4 Å². The molecule has 0 spiro atoms. The molecule has 0 fully saturated rings. The maximum atomic E-state index is 11.8. The summed E-state index contributed by atoms with van der Waals surface area (Å²) >= 11 is 0. The Hall–Kier alpha value is -2.63. The second-order valence-corrected chi connectivity index (χ2v) is 4.77. The van der Waals surface area contributed by atoms with Gasteiger partial charge in [-0.2, -0.15) is 0 Å². The van der Waals surface area contributed by atoms with Gasteiger partial charge in [-0.25, -0.2) is 0 Å². The van der Waals surface area contributed by atoms with Gasteiger partial charge in [0.1, 0.15) is 5.75 Å². The van der Waals surface area contributed by atoms with Crippen LogP contribution in [0.3, 0.4) is 0 Å². The molecule has 0 aliphatic rings. The number of phenolic OH excluding ortho intramolecular Hbond substituents is 1. The van der Waals surface area contributed by atoms with Gasteiger partial charge in [0.15, 0.2) is 0 Å². The fraction of sp³-hybridized carbons (Fsp3) is 0.214. The number of amides is 1. The van der Waals surface area contributed by atoms with Crippen molar-refractivity contribution >= 4 is 28.1 Å². The lowest BCUT2D eigenvalue weighted by molar-refractivity contribution is -0.383. The van der Waals surface area contributed by atoms with Crippen LogP contribution in [0.15, 0.2) is 30.3 Å². The standard InChI is InChI=1S/C14H14N2O4/c1-8(2)14(18)15-11-5-3-4-9-6-10(17)7-12(13(9)11)16(19)20/h3-8,17H,1-2H3,(H,15,18). The third-order valence-corrected chi connectivity index (χ3v) is 2.92. The van der Waals surface area contributed by atoms with E-state index in [1.807, 2.05) is 0 Å². The van der Waals surface area contributed by atoms with Crippen molar-refractivity contribution in [2.75, 3.05) is 5.32 Å². The molecule has 2 N–H and O–H groups in total. The van der Waals surface area contributed by atoms with Crippen LogP contribution in [0.5, 0.6) is 5.75 Å². The molecule has 2 rings (SSSR count). The highest BCUT2D eigenvalue weighted by atomic mass is 16.6. The summed E-state index contributed by atoms with van der Waals surface area (Å²) in [6, 6.07) is 7.42. The Morgan fingerprint density at radius 2 is 2.05 bits per heavy atom. The Morgan fingerprint density at radius 1 is 1.35 bits per heavy atom. The first-order valence-electron chi connectivity index (χ1n) is 6.11. The van der Waals surface area contributed by atoms with Crippen LogP contribution in [0.2, 0.25) is 0 Å². The van der Waals surface area contributed by atoms with Crippen molar-refractivity contribution in [2.24, 2.45) is 5.92 Å². The molecule has 1 amide bonds. The Morgan fingerprint density at radius 3 is 2.65 bits per heavy atom. The van der Waals surface area contributed by atoms with E-state index in [0.717, 1.165) is 6.07 Å². The first-order chi connectivity index (χ1) is 9.40. The zero-order valence-corrected chi connectivity index (χ0v) is 11.1. The lowest BCUT2D eigenvalue weighted by Gasteiger charge is -2.11. The van der Waals surface area contributed by atoms with Crippen LogP contribution in [0.1, 0.15) is 13.8 Å². The van der Waals surface area contributed by atoms with Gasteiger partial charge in [-0.3, -0.25) is 14.9 Å². The van der Waals surface area contributed by atoms with Gasteiger partial charge in [0.2, 0.25) is 5.91 Å². The van der Waals surface area contributed by atoms with Gasteiger partial charge in [0.25, 0.3) is 5.69 Å². The van der Waals surface area contributed by atoms with Gasteiger partial charge in [0, 0.05) is 5.92 Å². The average Bonchev–Trinajstić information content (AvgIpc) is 2.37. The van der Waals surface area contributed by atoms with Gasteiger partial charge in [-0.1, -0.05) is 26.0 Å². The predicted molar refractivity (Wildman–Crippen MR) is 75.7 cm³/mol. The number of aromatic hydroxyl groups is 1. The second-order valence-electron chi connectivity index (χ2n) is 4.77. The molecule has 20 heavy (non-hydrogen) atoms. The molecule has 0 aliphatic carbocycles. The minimum atomic E-state index is -0.576. The summed E-state index contributed by atoms with van der Waals surface area (Å²) in [5.41, 5.74) is 0.132. The van der Waals surface area contributed by atoms with Crippen molar-refractivity contribution in [1.29, 1.82) is 0 Å². The highest BCUT2D eigenvalue weighted by molar-refractivity contribution is 6.07. The molecular formula is C14H14N2O4. The van der Waals surface area contributed by atoms with Crippen molar-refractivity contribution in [2.45, 2.75) is 13.8 Å². The average molecular weight is 274 g/mol. The van der Waals surface area contributed by atoms with E-state index in [1.165, 1.54) is 6.07 Å². The van der Waals surface area contributed by atoms with Crippen LogP contribution in [-0.4, -0.2) is 15.9 Å². The lowest BCUT2D eigenvalue weighted by Crippen LogP contribution is -2.18. The number of nitro benzene ring substituents is 1. The van der Waals surface area contributed by atoms with E-state index in [9.17, 15) is 20.0 Å². The molecule has 0 unspecified atom stereocenters. The number of carbonyl (C=O) groups is 1. The minimum Gasteiger partial charge on any atom is -0.508 e. The SMILES string of the molecule is CC(C)C(=O)Nc1cccc2cc(O)cc([N+](=O)[O-])c12. The van der Waals surface area contributed by atoms with E-state index in [2.05, 4.69) is 5.32 Å². The summed E-state index contributed by atoms with van der Waals surface area (Å²) in [6.45, 7) is 3.47. The number of carbonyl (C=O) groups excluding carboxylic acids is 1. The zero-order chi connectivity index (χ0) is 14.9. The molecule has 0 heterocycles. The first kappa shape index (κ1) is 13.8. The number of phenols is 1. The molecule has 0 saturated heterocycles. The van der Waals surface area contributed by atoms with Gasteiger partial charge >= 0.3 is 0 Å². The lowest BCUT2D eigenvalue weighted by atomic mass is 10.1. The van der Waals surface area contributed by atoms with Crippen molar-refractivity contribution in [3.63, 3.8) is 0 Å². The van der Waals surface area contributed by atoms with Crippen molar-refractivity contribution in [1.82, 2.24) is 0 Å². The quantitative estimate of drug-likeness (QED) is 0.664. The number of nitro groups is 1. The van der Waals surface area contributed by atoms with E-state index < -0.39 is 4.92 Å². The van der Waals surface area contributed by atoms with Crippen LogP contribution in [0.4, 0.5) is 11.4 Å². The van der Waals surface area contributed by atoms with Crippen LogP contribution >= 0.6 is 0 Å². The normalized spacial score (nSPS) is 10.8. The van der Waals surface area contributed by atoms with E-state index in [1.54, 1.807) is 32.0 Å². The third-order valence-electron chi connectivity index (χ3n) is 2.92. The summed E-state index contributed by atoms with van der Waals surface area (Å²) in [6.07, 6.45) is 0. The van der Waals surface area contributed by atoms with E-state index in [-0.39, 0.29) is 23.3 Å². The molecule has 0 bridgehead atoms. The van der Waals surface area contributed by atoms with Crippen LogP contribution in [-0.2, 0) is 4.79 Å². The number of hydrogen-bond donors (Lipinski definition) is 2. The number of benzene rings is 2. The number of non-ortho nitro benzene ring substituents is 1. The Labute approximate surface area is 115 Å². The van der Waals surface area contributed by atoms with Gasteiger partial charge in [0.05, 0.1) is 22.1 Å². The largest absolute Gasteiger partial charge is 0.508 e. The number of rotatable bonds is 3. The maximum absolute atomic E-state index is 11.8. The Balaban J connectivity index is 2.66. The maximum Gasteiger partial charge on any atom is 0.282 e. The van der Waals surface area contributed by atoms with E-state index >= 15 is 0 Å². The number of nitrogens with zero attached hydrogens (tertiary/aromatic N) is 1. The van der Waals surface area contributed by atoms with Crippen molar-refractivity contribution in [3.05, 3.63) is 40.4 Å². The molecule has 0 radical (unpaired) electrons. The monoisotopic (exact) mass is 274 g/mol. The van der Waals surface area contributed by atoms with Crippen LogP contribution in [0, 0.1) is 16.0 Å². The van der Waals surface area contributed by atoms with Gasteiger partial charge in [-0.05, 0) is 17.5 Å². The first-order valence-corrected chi connectivity index (χ1v) is 6.11. The fourth-order valence-corrected chi connectivity index (χ4v) is 1.91. The molecule has 0 saturated carbocycles. The fourth-order valence-electron chi connectivity index (χ4n) is 1.91. The molecule has 0 atom stereocenters. The molecule has 2 aromatic rings. The topological polar surface area (TPSA) is 92.5 Å². The number of nitrogens with one attached hydrogen (secondary N) is 1. The number of fused-ring (bicyclic) bond motifs is 1. The van der Waals surface area contributed by atoms with Crippen LogP contribution < -0.4 is 5.32 Å². The highest BCUT2D eigenvalue weighted by Crippen LogP contribution is 2.35. The number of anilines is 1. The van der Waals surface area contributed by atoms with Crippen molar-refractivity contribution < 1.29 is 14.8 Å². The molecule has 104 valence electrons. The molecule has 0 aliphatic heterocycles. The molecule has 6 heteroatoms. The van der Waals surface area contributed by atoms with E-state index in [4.69, 9.17) is 0 Å². The molecule has 6 nitrogen and oxygen atoms in total. The highest BCUT2D eigenvalue weighted by Gasteiger charge is 2.18. The molecule has 2 aromatic carbocycles. The summed E-state index contributed by atoms with van der Waals surface area (Å²) < 4.78 is 0. The summed E-state index contributed by atoms with van der Waals surface area (Å²) in [5, 5.41) is 24.1. The van der Waals surface area contributed by atoms with Crippen LogP contribution in [0.25, 0.3) is 10.8 Å². The van der Waals surface area contributed by atoms with Crippen molar-refractivity contribution in [3.8, 4) is 5.75 Å².